The largest absolute Gasteiger partial charge is 0.497 e. The molecule has 2 aromatic carbocycles. The summed E-state index contributed by atoms with van der Waals surface area (Å²) in [6, 6.07) is 10.5. The maximum atomic E-state index is 12.5. The first-order valence-corrected chi connectivity index (χ1v) is 8.78. The first-order chi connectivity index (χ1) is 12.3. The van der Waals surface area contributed by atoms with Crippen LogP contribution in [0.5, 0.6) is 11.5 Å². The molecular weight excluding hydrogens is 352 g/mol. The van der Waals surface area contributed by atoms with Crippen molar-refractivity contribution in [2.75, 3.05) is 19.5 Å². The maximum Gasteiger partial charge on any atom is 0.241 e. The van der Waals surface area contributed by atoms with Crippen molar-refractivity contribution in [1.82, 2.24) is 5.32 Å². The molecule has 0 heterocycles. The third-order valence-corrected chi connectivity index (χ3v) is 4.49. The number of benzene rings is 2. The minimum absolute atomic E-state index is 0.110. The first-order valence-electron chi connectivity index (χ1n) is 8.40. The van der Waals surface area contributed by atoms with Crippen LogP contribution in [0.2, 0.25) is 5.02 Å². The summed E-state index contributed by atoms with van der Waals surface area (Å²) in [6.45, 7) is 5.72. The molecule has 6 heteroatoms. The Morgan fingerprint density at radius 3 is 2.46 bits per heavy atom. The van der Waals surface area contributed by atoms with Gasteiger partial charge in [-0.2, -0.15) is 0 Å². The smallest absolute Gasteiger partial charge is 0.241 e. The van der Waals surface area contributed by atoms with E-state index in [0.717, 1.165) is 22.6 Å². The van der Waals surface area contributed by atoms with Crippen molar-refractivity contribution in [3.63, 3.8) is 0 Å². The monoisotopic (exact) mass is 376 g/mol. The van der Waals surface area contributed by atoms with Gasteiger partial charge in [-0.1, -0.05) is 17.7 Å². The van der Waals surface area contributed by atoms with Gasteiger partial charge in [-0.15, -0.1) is 0 Å². The van der Waals surface area contributed by atoms with E-state index in [4.69, 9.17) is 21.1 Å². The first kappa shape index (κ1) is 20.1. The van der Waals surface area contributed by atoms with E-state index in [2.05, 4.69) is 10.6 Å². The fraction of sp³-hybridized carbons (Fsp3) is 0.350. The zero-order valence-corrected chi connectivity index (χ0v) is 16.5. The van der Waals surface area contributed by atoms with Gasteiger partial charge in [-0.3, -0.25) is 10.1 Å². The fourth-order valence-corrected chi connectivity index (χ4v) is 2.86. The number of hydrogen-bond acceptors (Lipinski definition) is 4. The van der Waals surface area contributed by atoms with Crippen LogP contribution in [0.4, 0.5) is 5.69 Å². The maximum absolute atomic E-state index is 12.5. The highest BCUT2D eigenvalue weighted by molar-refractivity contribution is 6.31. The summed E-state index contributed by atoms with van der Waals surface area (Å²) in [5.41, 5.74) is 2.59. The molecule has 2 aromatic rings. The highest BCUT2D eigenvalue weighted by Gasteiger charge is 2.20. The molecule has 0 aromatic heterocycles. The van der Waals surface area contributed by atoms with Gasteiger partial charge in [0.25, 0.3) is 0 Å². The van der Waals surface area contributed by atoms with Crippen LogP contribution in [0.15, 0.2) is 36.4 Å². The lowest BCUT2D eigenvalue weighted by Gasteiger charge is -2.22. The van der Waals surface area contributed by atoms with Gasteiger partial charge < -0.3 is 14.8 Å². The van der Waals surface area contributed by atoms with Crippen molar-refractivity contribution in [3.05, 3.63) is 52.5 Å². The van der Waals surface area contributed by atoms with Gasteiger partial charge in [-0.05, 0) is 56.7 Å². The lowest BCUT2D eigenvalue weighted by Crippen LogP contribution is -2.39. The second kappa shape index (κ2) is 8.92. The average molecular weight is 377 g/mol. The second-order valence-corrected chi connectivity index (χ2v) is 6.60. The number of carbonyl (C=O) groups excluding carboxylic acids is 1. The van der Waals surface area contributed by atoms with Crippen molar-refractivity contribution < 1.29 is 14.3 Å². The molecule has 2 rings (SSSR count). The topological polar surface area (TPSA) is 59.6 Å². The molecule has 2 atom stereocenters. The molecule has 0 spiro atoms. The predicted octanol–water partition coefficient (Wildman–Crippen LogP) is 4.34. The molecule has 2 unspecified atom stereocenters. The van der Waals surface area contributed by atoms with Gasteiger partial charge in [0.1, 0.15) is 11.5 Å². The normalized spacial score (nSPS) is 13.0. The lowest BCUT2D eigenvalue weighted by atomic mass is 10.1. The van der Waals surface area contributed by atoms with E-state index in [1.165, 1.54) is 0 Å². The standard InChI is InChI=1S/C20H25ClN2O3/c1-12-6-7-15(21)10-18(12)23-20(24)14(3)22-13(2)17-11-16(25-4)8-9-19(17)26-5/h6-11,13-14,22H,1-5H3,(H,23,24). The average Bonchev–Trinajstić information content (AvgIpc) is 2.63. The summed E-state index contributed by atoms with van der Waals surface area (Å²) in [4.78, 5) is 12.5. The van der Waals surface area contributed by atoms with Crippen molar-refractivity contribution >= 4 is 23.2 Å². The molecule has 0 aliphatic heterocycles. The number of rotatable bonds is 7. The summed E-state index contributed by atoms with van der Waals surface area (Å²) >= 11 is 6.01. The molecule has 0 saturated heterocycles. The van der Waals surface area contributed by atoms with Crippen molar-refractivity contribution in [2.24, 2.45) is 0 Å². The predicted molar refractivity (Wildman–Crippen MR) is 105 cm³/mol. The van der Waals surface area contributed by atoms with Gasteiger partial charge in [0.15, 0.2) is 0 Å². The van der Waals surface area contributed by atoms with Gasteiger partial charge in [0.2, 0.25) is 5.91 Å². The van der Waals surface area contributed by atoms with Crippen molar-refractivity contribution in [1.29, 1.82) is 0 Å². The molecule has 0 bridgehead atoms. The van der Waals surface area contributed by atoms with E-state index in [9.17, 15) is 4.79 Å². The molecule has 0 aliphatic carbocycles. The summed E-state index contributed by atoms with van der Waals surface area (Å²) in [7, 11) is 3.24. The van der Waals surface area contributed by atoms with Gasteiger partial charge in [0.05, 0.1) is 20.3 Å². The van der Waals surface area contributed by atoms with Crippen LogP contribution in [0.1, 0.15) is 31.0 Å². The van der Waals surface area contributed by atoms with E-state index in [0.29, 0.717) is 10.7 Å². The molecule has 5 nitrogen and oxygen atoms in total. The number of amides is 1. The third kappa shape index (κ3) is 4.90. The van der Waals surface area contributed by atoms with Crippen LogP contribution >= 0.6 is 11.6 Å². The minimum atomic E-state index is -0.417. The van der Waals surface area contributed by atoms with E-state index < -0.39 is 6.04 Å². The number of aryl methyl sites for hydroxylation is 1. The quantitative estimate of drug-likeness (QED) is 0.754. The summed E-state index contributed by atoms with van der Waals surface area (Å²) in [6.07, 6.45) is 0. The van der Waals surface area contributed by atoms with E-state index in [1.54, 1.807) is 26.4 Å². The number of nitrogens with one attached hydrogen (secondary N) is 2. The van der Waals surface area contributed by atoms with E-state index >= 15 is 0 Å². The summed E-state index contributed by atoms with van der Waals surface area (Å²) in [5, 5.41) is 6.80. The van der Waals surface area contributed by atoms with Crippen LogP contribution in [-0.4, -0.2) is 26.2 Å². The number of ether oxygens (including phenoxy) is 2. The lowest BCUT2D eigenvalue weighted by molar-refractivity contribution is -0.117. The van der Waals surface area contributed by atoms with Gasteiger partial charge >= 0.3 is 0 Å². The van der Waals surface area contributed by atoms with E-state index in [-0.39, 0.29) is 11.9 Å². The highest BCUT2D eigenvalue weighted by Crippen LogP contribution is 2.29. The molecule has 0 fully saturated rings. The Morgan fingerprint density at radius 2 is 1.81 bits per heavy atom. The molecule has 0 aliphatic rings. The molecular formula is C20H25ClN2O3. The zero-order valence-electron chi connectivity index (χ0n) is 15.7. The van der Waals surface area contributed by atoms with Crippen LogP contribution < -0.4 is 20.1 Å². The van der Waals surface area contributed by atoms with Crippen LogP contribution in [0.25, 0.3) is 0 Å². The third-order valence-electron chi connectivity index (χ3n) is 4.25. The zero-order chi connectivity index (χ0) is 19.3. The number of hydrogen-bond donors (Lipinski definition) is 2. The number of carbonyl (C=O) groups is 1. The molecule has 0 saturated carbocycles. The van der Waals surface area contributed by atoms with Crippen LogP contribution in [0, 0.1) is 6.92 Å². The summed E-state index contributed by atoms with van der Waals surface area (Å²) < 4.78 is 10.7. The van der Waals surface area contributed by atoms with Gasteiger partial charge in [-0.25, -0.2) is 0 Å². The molecule has 1 amide bonds. The summed E-state index contributed by atoms with van der Waals surface area (Å²) in [5.74, 6) is 1.34. The molecule has 140 valence electrons. The second-order valence-electron chi connectivity index (χ2n) is 6.17. The fourth-order valence-electron chi connectivity index (χ4n) is 2.69. The Labute approximate surface area is 159 Å². The Balaban J connectivity index is 2.10. The number of halogens is 1. The minimum Gasteiger partial charge on any atom is -0.497 e. The molecule has 26 heavy (non-hydrogen) atoms. The van der Waals surface area contributed by atoms with E-state index in [1.807, 2.05) is 45.0 Å². The van der Waals surface area contributed by atoms with Crippen LogP contribution in [-0.2, 0) is 4.79 Å². The molecule has 0 radical (unpaired) electrons. The van der Waals surface area contributed by atoms with Gasteiger partial charge in [0, 0.05) is 22.3 Å². The van der Waals surface area contributed by atoms with Crippen molar-refractivity contribution in [2.45, 2.75) is 32.9 Å². The SMILES string of the molecule is COc1ccc(OC)c(C(C)NC(C)C(=O)Nc2cc(Cl)ccc2C)c1. The Hall–Kier alpha value is -2.24. The highest BCUT2D eigenvalue weighted by atomic mass is 35.5. The Morgan fingerprint density at radius 1 is 1.08 bits per heavy atom. The Kier molecular flexibility index (Phi) is 6.89. The number of anilines is 1. The Bertz CT molecular complexity index is 780. The number of methoxy groups -OCH3 is 2. The van der Waals surface area contributed by atoms with Crippen molar-refractivity contribution in [3.8, 4) is 11.5 Å². The van der Waals surface area contributed by atoms with Crippen LogP contribution in [0.3, 0.4) is 0 Å². The molecule has 2 N–H and O–H groups in total.